The highest BCUT2D eigenvalue weighted by Gasteiger charge is 2.26. The van der Waals surface area contributed by atoms with Gasteiger partial charge in [-0.15, -0.1) is 0 Å². The third-order valence-electron chi connectivity index (χ3n) is 4.05. The fraction of sp³-hybridized carbons (Fsp3) is 0.562. The van der Waals surface area contributed by atoms with Crippen LogP contribution in [-0.4, -0.2) is 51.8 Å². The first-order valence-corrected chi connectivity index (χ1v) is 8.00. The Labute approximate surface area is 140 Å². The summed E-state index contributed by atoms with van der Waals surface area (Å²) in [6.07, 6.45) is 3.69. The molecule has 130 valence electrons. The van der Waals surface area contributed by atoms with Gasteiger partial charge < -0.3 is 23.5 Å². The predicted molar refractivity (Wildman–Crippen MR) is 84.1 cm³/mol. The molecule has 2 aromatic heterocycles. The van der Waals surface area contributed by atoms with Crippen LogP contribution in [-0.2, 0) is 29.7 Å². The van der Waals surface area contributed by atoms with Crippen LogP contribution in [0.5, 0.6) is 0 Å². The van der Waals surface area contributed by atoms with Crippen LogP contribution in [0.2, 0.25) is 0 Å². The van der Waals surface area contributed by atoms with Gasteiger partial charge in [0.1, 0.15) is 18.9 Å². The minimum atomic E-state index is -0.0210. The van der Waals surface area contributed by atoms with E-state index in [4.69, 9.17) is 14.0 Å². The fourth-order valence-electron chi connectivity index (χ4n) is 2.83. The topological polar surface area (TPSA) is 82.6 Å². The molecule has 3 rings (SSSR count). The monoisotopic (exact) mass is 334 g/mol. The van der Waals surface area contributed by atoms with Crippen molar-refractivity contribution in [1.82, 2.24) is 19.6 Å². The van der Waals surface area contributed by atoms with Gasteiger partial charge in [-0.25, -0.2) is 0 Å². The van der Waals surface area contributed by atoms with Crippen molar-refractivity contribution in [1.29, 1.82) is 0 Å². The molecule has 1 atom stereocenters. The largest absolute Gasteiger partial charge is 0.375 e. The van der Waals surface area contributed by atoms with Crippen molar-refractivity contribution >= 4 is 5.91 Å². The summed E-state index contributed by atoms with van der Waals surface area (Å²) in [6.45, 7) is 1.89. The maximum absolute atomic E-state index is 12.6. The normalized spacial score (nSPS) is 18.1. The van der Waals surface area contributed by atoms with Crippen LogP contribution in [0.3, 0.4) is 0 Å². The Kier molecular flexibility index (Phi) is 5.27. The second-order valence-electron chi connectivity index (χ2n) is 5.87. The molecule has 1 amide bonds. The number of carbonyl (C=O) groups is 1. The van der Waals surface area contributed by atoms with Crippen molar-refractivity contribution in [2.75, 3.05) is 20.2 Å². The van der Waals surface area contributed by atoms with E-state index in [1.165, 1.54) is 0 Å². The van der Waals surface area contributed by atoms with Gasteiger partial charge in [0.25, 0.3) is 11.8 Å². The van der Waals surface area contributed by atoms with E-state index in [0.717, 1.165) is 19.4 Å². The molecule has 0 aromatic carbocycles. The van der Waals surface area contributed by atoms with E-state index in [2.05, 4.69) is 10.1 Å². The SMILES string of the molecule is COCc1nc(COC2CCCN(C(=O)c3cccn3C)C2)no1. The summed E-state index contributed by atoms with van der Waals surface area (Å²) in [5.41, 5.74) is 0.693. The number of aromatic nitrogens is 3. The first kappa shape index (κ1) is 16.7. The third kappa shape index (κ3) is 3.82. The number of piperidine rings is 1. The number of ether oxygens (including phenoxy) is 2. The molecule has 0 bridgehead atoms. The number of rotatable bonds is 6. The number of hydrogen-bond donors (Lipinski definition) is 0. The highest BCUT2D eigenvalue weighted by molar-refractivity contribution is 5.92. The minimum Gasteiger partial charge on any atom is -0.375 e. The lowest BCUT2D eigenvalue weighted by Gasteiger charge is -2.32. The lowest BCUT2D eigenvalue weighted by Crippen LogP contribution is -2.43. The molecule has 1 aliphatic rings. The van der Waals surface area contributed by atoms with E-state index in [9.17, 15) is 4.79 Å². The smallest absolute Gasteiger partial charge is 0.270 e. The molecule has 0 spiro atoms. The summed E-state index contributed by atoms with van der Waals surface area (Å²) >= 11 is 0. The summed E-state index contributed by atoms with van der Waals surface area (Å²) in [7, 11) is 3.44. The predicted octanol–water partition coefficient (Wildman–Crippen LogP) is 1.38. The van der Waals surface area contributed by atoms with Crippen molar-refractivity contribution in [3.63, 3.8) is 0 Å². The van der Waals surface area contributed by atoms with Gasteiger partial charge >= 0.3 is 0 Å². The molecule has 8 nitrogen and oxygen atoms in total. The van der Waals surface area contributed by atoms with Gasteiger partial charge in [0.15, 0.2) is 5.82 Å². The molecule has 1 fully saturated rings. The second-order valence-corrected chi connectivity index (χ2v) is 5.87. The van der Waals surface area contributed by atoms with Crippen molar-refractivity contribution < 1.29 is 18.8 Å². The summed E-state index contributed by atoms with van der Waals surface area (Å²) < 4.78 is 17.7. The molecular formula is C16H22N4O4. The van der Waals surface area contributed by atoms with Crippen LogP contribution in [0.15, 0.2) is 22.9 Å². The van der Waals surface area contributed by atoms with Crippen molar-refractivity contribution in [3.05, 3.63) is 35.7 Å². The van der Waals surface area contributed by atoms with E-state index in [-0.39, 0.29) is 25.2 Å². The van der Waals surface area contributed by atoms with Gasteiger partial charge in [0, 0.05) is 33.4 Å². The van der Waals surface area contributed by atoms with E-state index in [1.54, 1.807) is 7.11 Å². The molecule has 1 unspecified atom stereocenters. The van der Waals surface area contributed by atoms with Crippen molar-refractivity contribution in [3.8, 4) is 0 Å². The van der Waals surface area contributed by atoms with Gasteiger partial charge in [-0.05, 0) is 25.0 Å². The molecule has 2 aromatic rings. The number of carbonyl (C=O) groups excluding carboxylic acids is 1. The van der Waals surface area contributed by atoms with Crippen LogP contribution >= 0.6 is 0 Å². The summed E-state index contributed by atoms with van der Waals surface area (Å²) in [5.74, 6) is 0.964. The van der Waals surface area contributed by atoms with Gasteiger partial charge in [-0.3, -0.25) is 4.79 Å². The number of likely N-dealkylation sites (tertiary alicyclic amines) is 1. The maximum Gasteiger partial charge on any atom is 0.270 e. The first-order chi connectivity index (χ1) is 11.7. The third-order valence-corrected chi connectivity index (χ3v) is 4.05. The van der Waals surface area contributed by atoms with Gasteiger partial charge in [-0.1, -0.05) is 5.16 Å². The number of nitrogens with zero attached hydrogens (tertiary/aromatic N) is 4. The highest BCUT2D eigenvalue weighted by atomic mass is 16.5. The van der Waals surface area contributed by atoms with Gasteiger partial charge in [-0.2, -0.15) is 4.98 Å². The standard InChI is InChI=1S/C16H22N4O4/c1-19-7-4-6-13(19)16(21)20-8-3-5-12(9-20)23-10-14-17-15(11-22-2)24-18-14/h4,6-7,12H,3,5,8-11H2,1-2H3. The Bertz CT molecular complexity index is 681. The molecule has 3 heterocycles. The Balaban J connectivity index is 1.53. The Morgan fingerprint density at radius 3 is 3.08 bits per heavy atom. The Morgan fingerprint density at radius 1 is 1.46 bits per heavy atom. The van der Waals surface area contributed by atoms with E-state index >= 15 is 0 Å². The average Bonchev–Trinajstić information content (AvgIpc) is 3.22. The van der Waals surface area contributed by atoms with Crippen molar-refractivity contribution in [2.45, 2.75) is 32.2 Å². The summed E-state index contributed by atoms with van der Waals surface area (Å²) in [6, 6.07) is 3.71. The number of amides is 1. The van der Waals surface area contributed by atoms with Gasteiger partial charge in [0.2, 0.25) is 0 Å². The van der Waals surface area contributed by atoms with Crippen LogP contribution in [0.4, 0.5) is 0 Å². The molecule has 1 aliphatic heterocycles. The van der Waals surface area contributed by atoms with Crippen LogP contribution in [0, 0.1) is 0 Å². The number of methoxy groups -OCH3 is 1. The Hall–Kier alpha value is -2.19. The molecule has 0 aliphatic carbocycles. The molecular weight excluding hydrogens is 312 g/mol. The van der Waals surface area contributed by atoms with Crippen LogP contribution in [0.25, 0.3) is 0 Å². The zero-order chi connectivity index (χ0) is 16.9. The van der Waals surface area contributed by atoms with Crippen LogP contribution in [0.1, 0.15) is 35.0 Å². The van der Waals surface area contributed by atoms with E-state index in [1.807, 2.05) is 34.8 Å². The summed E-state index contributed by atoms with van der Waals surface area (Å²) in [5, 5.41) is 3.85. The fourth-order valence-corrected chi connectivity index (χ4v) is 2.83. The average molecular weight is 334 g/mol. The lowest BCUT2D eigenvalue weighted by molar-refractivity contribution is -0.00985. The van der Waals surface area contributed by atoms with Crippen molar-refractivity contribution in [2.24, 2.45) is 7.05 Å². The summed E-state index contributed by atoms with van der Waals surface area (Å²) in [4.78, 5) is 18.6. The maximum atomic E-state index is 12.6. The molecule has 1 saturated heterocycles. The lowest BCUT2D eigenvalue weighted by atomic mass is 10.1. The highest BCUT2D eigenvalue weighted by Crippen LogP contribution is 2.17. The molecule has 0 saturated carbocycles. The number of aryl methyl sites for hydroxylation is 1. The molecule has 8 heteroatoms. The van der Waals surface area contributed by atoms with Gasteiger partial charge in [0.05, 0.1) is 6.10 Å². The second kappa shape index (κ2) is 7.59. The van der Waals surface area contributed by atoms with E-state index in [0.29, 0.717) is 24.0 Å². The molecule has 0 radical (unpaired) electrons. The van der Waals surface area contributed by atoms with E-state index < -0.39 is 0 Å². The Morgan fingerprint density at radius 2 is 2.33 bits per heavy atom. The first-order valence-electron chi connectivity index (χ1n) is 8.00. The van der Waals surface area contributed by atoms with Crippen LogP contribution < -0.4 is 0 Å². The number of hydrogen-bond acceptors (Lipinski definition) is 6. The minimum absolute atomic E-state index is 0.0210. The molecule has 24 heavy (non-hydrogen) atoms. The zero-order valence-electron chi connectivity index (χ0n) is 14.0. The quantitative estimate of drug-likeness (QED) is 0.793. The zero-order valence-corrected chi connectivity index (χ0v) is 14.0. The molecule has 0 N–H and O–H groups in total.